The Morgan fingerprint density at radius 1 is 0.576 bits per heavy atom. The highest BCUT2D eigenvalue weighted by atomic mass is 15.1. The lowest BCUT2D eigenvalue weighted by Crippen LogP contribution is -2.11. The third-order valence-corrected chi connectivity index (χ3v) is 7.74. The van der Waals surface area contributed by atoms with Gasteiger partial charge >= 0.3 is 0 Å². The van der Waals surface area contributed by atoms with E-state index in [0.29, 0.717) is 0 Å². The highest BCUT2D eigenvalue weighted by Crippen LogP contribution is 2.48. The normalized spacial score (nSPS) is 19.1. The van der Waals surface area contributed by atoms with Crippen molar-refractivity contribution in [1.29, 1.82) is 0 Å². The number of para-hydroxylation sites is 2. The molecule has 3 aliphatic carbocycles. The number of benzene rings is 4. The summed E-state index contributed by atoms with van der Waals surface area (Å²) in [5.41, 5.74) is 10.9. The van der Waals surface area contributed by atoms with E-state index in [1.165, 1.54) is 65.9 Å². The molecule has 4 aromatic rings. The van der Waals surface area contributed by atoms with Gasteiger partial charge in [-0.25, -0.2) is 0 Å². The van der Waals surface area contributed by atoms with Gasteiger partial charge in [0.2, 0.25) is 0 Å². The first-order valence-electron chi connectivity index (χ1n) is 12.4. The van der Waals surface area contributed by atoms with Gasteiger partial charge in [0.1, 0.15) is 0 Å². The summed E-state index contributed by atoms with van der Waals surface area (Å²) in [4.78, 5) is 2.34. The molecule has 1 fully saturated rings. The van der Waals surface area contributed by atoms with E-state index in [2.05, 4.69) is 109 Å². The van der Waals surface area contributed by atoms with Gasteiger partial charge in [0.15, 0.2) is 0 Å². The average Bonchev–Trinajstić information content (AvgIpc) is 3.21. The van der Waals surface area contributed by atoms with E-state index < -0.39 is 0 Å². The Bertz CT molecular complexity index is 1210. The predicted octanol–water partition coefficient (Wildman–Crippen LogP) is 9.28. The van der Waals surface area contributed by atoms with E-state index in [-0.39, 0.29) is 0 Å². The number of nitrogens with zero attached hydrogens (tertiary/aromatic N) is 1. The molecule has 3 aliphatic rings. The highest BCUT2D eigenvalue weighted by molar-refractivity contribution is 5.79. The number of hydrogen-bond donors (Lipinski definition) is 0. The van der Waals surface area contributed by atoms with Crippen LogP contribution in [0.1, 0.15) is 60.6 Å². The topological polar surface area (TPSA) is 3.24 Å². The van der Waals surface area contributed by atoms with E-state index in [0.717, 1.165) is 11.8 Å². The van der Waals surface area contributed by atoms with Gasteiger partial charge in [-0.05, 0) is 109 Å². The second-order valence-corrected chi connectivity index (χ2v) is 9.75. The molecule has 7 rings (SSSR count). The minimum absolute atomic E-state index is 0.768. The largest absolute Gasteiger partial charge is 0.310 e. The quantitative estimate of drug-likeness (QED) is 0.312. The van der Waals surface area contributed by atoms with Crippen LogP contribution in [0.5, 0.6) is 0 Å². The Labute approximate surface area is 197 Å². The molecular formula is C32H31N. The molecule has 164 valence electrons. The fourth-order valence-electron chi connectivity index (χ4n) is 6.10. The molecule has 1 heteroatoms. The molecule has 33 heavy (non-hydrogen) atoms. The van der Waals surface area contributed by atoms with Crippen LogP contribution in [0, 0.1) is 6.92 Å². The Balaban J connectivity index is 1.40. The summed E-state index contributed by atoms with van der Waals surface area (Å²) in [6.07, 6.45) is 6.91. The molecule has 4 aromatic carbocycles. The number of hydrogen-bond acceptors (Lipinski definition) is 1. The third kappa shape index (κ3) is 3.76. The molecular weight excluding hydrogens is 398 g/mol. The summed E-state index contributed by atoms with van der Waals surface area (Å²) < 4.78 is 0. The van der Waals surface area contributed by atoms with Gasteiger partial charge in [0.25, 0.3) is 0 Å². The number of aryl methyl sites for hydroxylation is 1. The summed E-state index contributed by atoms with van der Waals surface area (Å²) in [6, 6.07) is 35.6. The summed E-state index contributed by atoms with van der Waals surface area (Å²) in [7, 11) is 0. The van der Waals surface area contributed by atoms with Crippen LogP contribution in [0.15, 0.2) is 97.1 Å². The molecule has 1 saturated carbocycles. The van der Waals surface area contributed by atoms with Gasteiger partial charge in [-0.1, -0.05) is 67.1 Å². The first-order valence-corrected chi connectivity index (χ1v) is 12.4. The smallest absolute Gasteiger partial charge is 0.0464 e. The van der Waals surface area contributed by atoms with E-state index in [9.17, 15) is 0 Å². The van der Waals surface area contributed by atoms with Gasteiger partial charge < -0.3 is 4.90 Å². The van der Waals surface area contributed by atoms with Crippen LogP contribution >= 0.6 is 0 Å². The number of fused-ring (bicyclic) bond motifs is 3. The van der Waals surface area contributed by atoms with Crippen LogP contribution in [-0.2, 0) is 0 Å². The molecule has 0 saturated heterocycles. The zero-order chi connectivity index (χ0) is 22.2. The van der Waals surface area contributed by atoms with Crippen LogP contribution in [0.25, 0.3) is 11.1 Å². The standard InChI is InChI=1S/C32H31N/c1-23-21-29(33(27-11-4-2-5-12-27)28-13-6-3-7-14-28)18-20-30(23)26-17-19-31-24-9-8-10-25(16-15-24)32(31)22-26/h2-7,11-14,17-22,24-25H,8-10,15-16H2,1H3. The molecule has 2 unspecified atom stereocenters. The van der Waals surface area contributed by atoms with Crippen molar-refractivity contribution >= 4 is 17.1 Å². The van der Waals surface area contributed by atoms with Crippen LogP contribution in [0.2, 0.25) is 0 Å². The molecule has 0 amide bonds. The Morgan fingerprint density at radius 3 is 1.85 bits per heavy atom. The average molecular weight is 430 g/mol. The zero-order valence-electron chi connectivity index (χ0n) is 19.4. The highest BCUT2D eigenvalue weighted by Gasteiger charge is 2.30. The second kappa shape index (κ2) is 8.56. The number of anilines is 3. The van der Waals surface area contributed by atoms with Gasteiger partial charge in [0, 0.05) is 17.1 Å². The molecule has 0 heterocycles. The molecule has 0 radical (unpaired) electrons. The van der Waals surface area contributed by atoms with Crippen LogP contribution in [0.3, 0.4) is 0 Å². The minimum atomic E-state index is 0.768. The van der Waals surface area contributed by atoms with Crippen LogP contribution < -0.4 is 4.90 Å². The van der Waals surface area contributed by atoms with Crippen molar-refractivity contribution in [2.24, 2.45) is 0 Å². The Morgan fingerprint density at radius 2 is 1.21 bits per heavy atom. The summed E-state index contributed by atoms with van der Waals surface area (Å²) in [5.74, 6) is 1.56. The van der Waals surface area contributed by atoms with Crippen molar-refractivity contribution in [1.82, 2.24) is 0 Å². The SMILES string of the molecule is Cc1cc(N(c2ccccc2)c2ccccc2)ccc1-c1ccc2c(c1)C1CCCC2CC1. The minimum Gasteiger partial charge on any atom is -0.310 e. The van der Waals surface area contributed by atoms with Crippen molar-refractivity contribution < 1.29 is 0 Å². The Kier molecular flexibility index (Phi) is 5.26. The lowest BCUT2D eigenvalue weighted by molar-refractivity contribution is 0.527. The summed E-state index contributed by atoms with van der Waals surface area (Å²) >= 11 is 0. The first kappa shape index (κ1) is 20.3. The third-order valence-electron chi connectivity index (χ3n) is 7.74. The Hall–Kier alpha value is -3.32. The van der Waals surface area contributed by atoms with Crippen LogP contribution in [0.4, 0.5) is 17.1 Å². The van der Waals surface area contributed by atoms with Gasteiger partial charge in [0.05, 0.1) is 0 Å². The zero-order valence-corrected chi connectivity index (χ0v) is 19.4. The van der Waals surface area contributed by atoms with E-state index in [1.54, 1.807) is 11.1 Å². The van der Waals surface area contributed by atoms with Gasteiger partial charge in [-0.3, -0.25) is 0 Å². The fourth-order valence-corrected chi connectivity index (χ4v) is 6.10. The number of rotatable bonds is 4. The van der Waals surface area contributed by atoms with Crippen molar-refractivity contribution in [3.05, 3.63) is 114 Å². The van der Waals surface area contributed by atoms with Gasteiger partial charge in [-0.15, -0.1) is 0 Å². The lowest BCUT2D eigenvalue weighted by Gasteiger charge is -2.28. The fraction of sp³-hybridized carbons (Fsp3) is 0.250. The maximum absolute atomic E-state index is 2.52. The molecule has 1 nitrogen and oxygen atoms in total. The monoisotopic (exact) mass is 429 g/mol. The maximum atomic E-state index is 2.52. The summed E-state index contributed by atoms with van der Waals surface area (Å²) in [6.45, 7) is 2.25. The second-order valence-electron chi connectivity index (χ2n) is 9.75. The molecule has 2 atom stereocenters. The van der Waals surface area contributed by atoms with Crippen molar-refractivity contribution in [2.45, 2.75) is 50.9 Å². The molecule has 0 aliphatic heterocycles. The molecule has 0 N–H and O–H groups in total. The van der Waals surface area contributed by atoms with Gasteiger partial charge in [-0.2, -0.15) is 0 Å². The molecule has 0 spiro atoms. The lowest BCUT2D eigenvalue weighted by atomic mass is 9.77. The summed E-state index contributed by atoms with van der Waals surface area (Å²) in [5, 5.41) is 0. The predicted molar refractivity (Wildman–Crippen MR) is 140 cm³/mol. The van der Waals surface area contributed by atoms with Crippen molar-refractivity contribution in [3.8, 4) is 11.1 Å². The van der Waals surface area contributed by atoms with Crippen LogP contribution in [-0.4, -0.2) is 0 Å². The molecule has 0 aromatic heterocycles. The van der Waals surface area contributed by atoms with E-state index >= 15 is 0 Å². The van der Waals surface area contributed by atoms with E-state index in [4.69, 9.17) is 0 Å². The first-order chi connectivity index (χ1) is 16.3. The van der Waals surface area contributed by atoms with Crippen molar-refractivity contribution in [3.63, 3.8) is 0 Å². The van der Waals surface area contributed by atoms with E-state index in [1.807, 2.05) is 0 Å². The maximum Gasteiger partial charge on any atom is 0.0464 e. The molecule has 2 bridgehead atoms. The van der Waals surface area contributed by atoms with Crippen molar-refractivity contribution in [2.75, 3.05) is 4.90 Å².